The molecule has 0 bridgehead atoms. The van der Waals surface area contributed by atoms with E-state index < -0.39 is 5.97 Å². The number of carbonyl (C=O) groups is 2. The van der Waals surface area contributed by atoms with Gasteiger partial charge in [0, 0.05) is 11.6 Å². The molecule has 1 amide bonds. The van der Waals surface area contributed by atoms with Gasteiger partial charge in [0.15, 0.2) is 0 Å². The number of benzene rings is 1. The summed E-state index contributed by atoms with van der Waals surface area (Å²) in [7, 11) is 0. The summed E-state index contributed by atoms with van der Waals surface area (Å²) in [6.45, 7) is 0.272. The smallest absolute Gasteiger partial charge is 0.266 e. The topological polar surface area (TPSA) is 86.7 Å². The Morgan fingerprint density at radius 2 is 2.07 bits per heavy atom. The second-order valence-corrected chi connectivity index (χ2v) is 7.59. The van der Waals surface area contributed by atoms with Crippen LogP contribution < -0.4 is 5.11 Å². The number of amides is 1. The van der Waals surface area contributed by atoms with Gasteiger partial charge in [-0.1, -0.05) is 42.2 Å². The standard InChI is InChI=1S/C20H13NO5S2/c22-18-17(28-20(27)21(18)11-15-5-2-8-25-15)10-14-6-7-16(26-14)12-3-1-4-13(9-12)19(23)24/h1-10H,11H2,(H,23,24)/p-1/b17-10-. The summed E-state index contributed by atoms with van der Waals surface area (Å²) in [5, 5.41) is 11.0. The minimum absolute atomic E-state index is 0.0641. The molecule has 1 fully saturated rings. The number of carboxylic acid groups (broad SMARTS) is 1. The summed E-state index contributed by atoms with van der Waals surface area (Å²) in [4.78, 5) is 25.6. The molecule has 3 aromatic rings. The molecule has 0 saturated carbocycles. The first-order valence-corrected chi connectivity index (χ1v) is 9.43. The normalized spacial score (nSPS) is 15.6. The lowest BCUT2D eigenvalue weighted by atomic mass is 10.1. The number of rotatable bonds is 5. The monoisotopic (exact) mass is 410 g/mol. The van der Waals surface area contributed by atoms with E-state index in [-0.39, 0.29) is 18.0 Å². The van der Waals surface area contributed by atoms with E-state index in [2.05, 4.69) is 0 Å². The third-order valence-electron chi connectivity index (χ3n) is 4.05. The van der Waals surface area contributed by atoms with Crippen LogP contribution in [0.25, 0.3) is 17.4 Å². The van der Waals surface area contributed by atoms with Crippen molar-refractivity contribution in [2.75, 3.05) is 0 Å². The Kier molecular flexibility index (Phi) is 4.89. The lowest BCUT2D eigenvalue weighted by Gasteiger charge is -2.11. The van der Waals surface area contributed by atoms with Gasteiger partial charge in [0.05, 0.1) is 23.7 Å². The van der Waals surface area contributed by atoms with Gasteiger partial charge in [-0.15, -0.1) is 0 Å². The summed E-state index contributed by atoms with van der Waals surface area (Å²) in [5.74, 6) is 0.121. The Morgan fingerprint density at radius 1 is 1.21 bits per heavy atom. The van der Waals surface area contributed by atoms with E-state index in [4.69, 9.17) is 21.1 Å². The Morgan fingerprint density at radius 3 is 2.82 bits per heavy atom. The minimum atomic E-state index is -1.26. The van der Waals surface area contributed by atoms with Crippen molar-refractivity contribution >= 4 is 46.3 Å². The highest BCUT2D eigenvalue weighted by atomic mass is 32.2. The fourth-order valence-electron chi connectivity index (χ4n) is 2.71. The highest BCUT2D eigenvalue weighted by molar-refractivity contribution is 8.26. The van der Waals surface area contributed by atoms with Crippen LogP contribution in [0.4, 0.5) is 0 Å². The lowest BCUT2D eigenvalue weighted by molar-refractivity contribution is -0.255. The van der Waals surface area contributed by atoms with Crippen molar-refractivity contribution in [1.82, 2.24) is 4.90 Å². The van der Waals surface area contributed by atoms with Gasteiger partial charge in [0.25, 0.3) is 5.91 Å². The van der Waals surface area contributed by atoms with Gasteiger partial charge in [-0.25, -0.2) is 0 Å². The second-order valence-electron chi connectivity index (χ2n) is 5.92. The van der Waals surface area contributed by atoms with Crippen molar-refractivity contribution < 1.29 is 23.5 Å². The highest BCUT2D eigenvalue weighted by Gasteiger charge is 2.32. The molecule has 1 aliphatic rings. The molecule has 1 aromatic carbocycles. The lowest BCUT2D eigenvalue weighted by Crippen LogP contribution is -2.27. The van der Waals surface area contributed by atoms with E-state index in [1.807, 2.05) is 0 Å². The molecule has 28 heavy (non-hydrogen) atoms. The molecule has 0 atom stereocenters. The number of thiocarbonyl (C=S) groups is 1. The molecule has 3 heterocycles. The van der Waals surface area contributed by atoms with E-state index in [0.717, 1.165) is 0 Å². The summed E-state index contributed by atoms with van der Waals surface area (Å²) < 4.78 is 11.5. The van der Waals surface area contributed by atoms with E-state index >= 15 is 0 Å². The molecule has 2 aromatic heterocycles. The molecular weight excluding hydrogens is 398 g/mol. The molecule has 1 aliphatic heterocycles. The maximum atomic E-state index is 12.6. The predicted octanol–water partition coefficient (Wildman–Crippen LogP) is 3.30. The number of thioether (sulfide) groups is 1. The average molecular weight is 410 g/mol. The summed E-state index contributed by atoms with van der Waals surface area (Å²) >= 11 is 6.49. The molecule has 0 aliphatic carbocycles. The Labute approximate surface area is 169 Å². The molecule has 8 heteroatoms. The number of carboxylic acids is 1. The summed E-state index contributed by atoms with van der Waals surface area (Å²) in [5.41, 5.74) is 0.668. The number of carbonyl (C=O) groups excluding carboxylic acids is 2. The van der Waals surface area contributed by atoms with Crippen LogP contribution in [0.5, 0.6) is 0 Å². The molecule has 1 saturated heterocycles. The van der Waals surface area contributed by atoms with Crippen LogP contribution >= 0.6 is 24.0 Å². The van der Waals surface area contributed by atoms with Crippen LogP contribution in [0, 0.1) is 0 Å². The number of hydrogen-bond donors (Lipinski definition) is 0. The number of nitrogens with zero attached hydrogens (tertiary/aromatic N) is 1. The fourth-order valence-corrected chi connectivity index (χ4v) is 3.94. The van der Waals surface area contributed by atoms with E-state index in [9.17, 15) is 14.7 Å². The third-order valence-corrected chi connectivity index (χ3v) is 5.43. The van der Waals surface area contributed by atoms with Crippen LogP contribution in [0.1, 0.15) is 21.9 Å². The Hall–Kier alpha value is -3.10. The first-order valence-electron chi connectivity index (χ1n) is 8.20. The highest BCUT2D eigenvalue weighted by Crippen LogP contribution is 2.34. The van der Waals surface area contributed by atoms with Crippen molar-refractivity contribution in [2.24, 2.45) is 0 Å². The van der Waals surface area contributed by atoms with Crippen LogP contribution in [-0.2, 0) is 11.3 Å². The van der Waals surface area contributed by atoms with Crippen molar-refractivity contribution in [3.63, 3.8) is 0 Å². The van der Waals surface area contributed by atoms with Crippen LogP contribution in [0.3, 0.4) is 0 Å². The molecule has 0 N–H and O–H groups in total. The van der Waals surface area contributed by atoms with Crippen LogP contribution in [0.15, 0.2) is 68.5 Å². The molecule has 0 unspecified atom stereocenters. The molecule has 140 valence electrons. The van der Waals surface area contributed by atoms with Gasteiger partial charge >= 0.3 is 0 Å². The maximum absolute atomic E-state index is 12.6. The van der Waals surface area contributed by atoms with Gasteiger partial charge < -0.3 is 18.7 Å². The molecule has 0 spiro atoms. The zero-order chi connectivity index (χ0) is 19.7. The maximum Gasteiger partial charge on any atom is 0.266 e. The molecule has 0 radical (unpaired) electrons. The first-order chi connectivity index (χ1) is 13.5. The van der Waals surface area contributed by atoms with Gasteiger partial charge in [0.1, 0.15) is 21.6 Å². The number of aromatic carboxylic acids is 1. The van der Waals surface area contributed by atoms with Gasteiger partial charge in [-0.3, -0.25) is 9.69 Å². The van der Waals surface area contributed by atoms with Gasteiger partial charge in [-0.05, 0) is 35.9 Å². The van der Waals surface area contributed by atoms with Crippen molar-refractivity contribution in [2.45, 2.75) is 6.54 Å². The fraction of sp³-hybridized carbons (Fsp3) is 0.0500. The third kappa shape index (κ3) is 3.64. The Balaban J connectivity index is 1.55. The molecule has 6 nitrogen and oxygen atoms in total. The van der Waals surface area contributed by atoms with E-state index in [1.54, 1.807) is 48.7 Å². The van der Waals surface area contributed by atoms with Crippen molar-refractivity contribution in [3.8, 4) is 11.3 Å². The van der Waals surface area contributed by atoms with Crippen molar-refractivity contribution in [1.29, 1.82) is 0 Å². The van der Waals surface area contributed by atoms with Crippen LogP contribution in [-0.4, -0.2) is 21.1 Å². The quantitative estimate of drug-likeness (QED) is 0.471. The number of hydrogen-bond acceptors (Lipinski definition) is 7. The summed E-state index contributed by atoms with van der Waals surface area (Å²) in [6.07, 6.45) is 3.16. The zero-order valence-corrected chi connectivity index (χ0v) is 15.9. The van der Waals surface area contributed by atoms with Crippen LogP contribution in [0.2, 0.25) is 0 Å². The minimum Gasteiger partial charge on any atom is -0.545 e. The van der Waals surface area contributed by atoms with Crippen molar-refractivity contribution in [3.05, 3.63) is 76.8 Å². The Bertz CT molecular complexity index is 1100. The largest absolute Gasteiger partial charge is 0.545 e. The zero-order valence-electron chi connectivity index (χ0n) is 14.3. The average Bonchev–Trinajstić information content (AvgIpc) is 3.41. The predicted molar refractivity (Wildman–Crippen MR) is 106 cm³/mol. The van der Waals surface area contributed by atoms with Gasteiger partial charge in [-0.2, -0.15) is 0 Å². The first kappa shape index (κ1) is 18.3. The second kappa shape index (κ2) is 7.49. The molecule has 4 rings (SSSR count). The van der Waals surface area contributed by atoms with E-state index in [1.165, 1.54) is 28.8 Å². The molecular formula is C20H12NO5S2-. The SMILES string of the molecule is O=C([O-])c1cccc(-c2ccc(/C=C3\SC(=S)N(Cc4ccco4)C3=O)o2)c1. The summed E-state index contributed by atoms with van der Waals surface area (Å²) in [6, 6.07) is 13.2. The van der Waals surface area contributed by atoms with Gasteiger partial charge in [0.2, 0.25) is 0 Å². The number of furan rings is 2. The van der Waals surface area contributed by atoms with E-state index in [0.29, 0.717) is 32.1 Å².